The van der Waals surface area contributed by atoms with E-state index in [2.05, 4.69) is 51.6 Å². The van der Waals surface area contributed by atoms with Gasteiger partial charge in [-0.3, -0.25) is 19.4 Å². The van der Waals surface area contributed by atoms with Crippen LogP contribution >= 0.6 is 23.6 Å². The predicted molar refractivity (Wildman–Crippen MR) is 120 cm³/mol. The van der Waals surface area contributed by atoms with Crippen LogP contribution in [0.2, 0.25) is 0 Å². The van der Waals surface area contributed by atoms with Crippen molar-refractivity contribution in [2.45, 2.75) is 19.5 Å². The quantitative estimate of drug-likeness (QED) is 0.549. The van der Waals surface area contributed by atoms with Crippen molar-refractivity contribution >= 4 is 29.5 Å². The normalized spacial score (nSPS) is 15.8. The summed E-state index contributed by atoms with van der Waals surface area (Å²) >= 11 is 6.91. The number of hydrogen-bond donors (Lipinski definition) is 2. The van der Waals surface area contributed by atoms with Crippen LogP contribution in [0, 0.1) is 11.7 Å². The van der Waals surface area contributed by atoms with E-state index < -0.39 is 0 Å². The van der Waals surface area contributed by atoms with Crippen LogP contribution in [-0.2, 0) is 16.1 Å². The summed E-state index contributed by atoms with van der Waals surface area (Å²) in [6, 6.07) is 12.5. The highest BCUT2D eigenvalue weighted by atomic mass is 32.1. The molecule has 0 aliphatic carbocycles. The van der Waals surface area contributed by atoms with E-state index in [0.29, 0.717) is 30.4 Å². The van der Waals surface area contributed by atoms with E-state index in [9.17, 15) is 4.79 Å². The average molecular weight is 444 g/mol. The molecule has 0 saturated carbocycles. The monoisotopic (exact) mass is 443 g/mol. The number of morpholine rings is 1. The second-order valence-electron chi connectivity index (χ2n) is 7.30. The Morgan fingerprint density at radius 3 is 2.90 bits per heavy atom. The minimum absolute atomic E-state index is 0.0868. The third-order valence-electron chi connectivity index (χ3n) is 5.21. The SMILES string of the molecule is Cc1cccc(C(CNC(=O)Cn2c(-c3cccs3)n[nH]c2=S)N2CCOCC2)c1. The predicted octanol–water partition coefficient (Wildman–Crippen LogP) is 3.17. The van der Waals surface area contributed by atoms with Gasteiger partial charge in [0.05, 0.1) is 24.1 Å². The number of nitrogens with one attached hydrogen (secondary N) is 2. The number of H-pyrrole nitrogens is 1. The van der Waals surface area contributed by atoms with E-state index >= 15 is 0 Å². The van der Waals surface area contributed by atoms with Gasteiger partial charge in [0.15, 0.2) is 10.6 Å². The minimum atomic E-state index is -0.0868. The molecule has 4 rings (SSSR count). The highest BCUT2D eigenvalue weighted by Gasteiger charge is 2.23. The fourth-order valence-electron chi connectivity index (χ4n) is 3.69. The van der Waals surface area contributed by atoms with Crippen LogP contribution in [0.15, 0.2) is 41.8 Å². The van der Waals surface area contributed by atoms with Crippen molar-refractivity contribution in [3.63, 3.8) is 0 Å². The number of thiophene rings is 1. The number of aryl methyl sites for hydroxylation is 1. The van der Waals surface area contributed by atoms with Crippen molar-refractivity contribution in [2.24, 2.45) is 0 Å². The third-order valence-corrected chi connectivity index (χ3v) is 6.38. The van der Waals surface area contributed by atoms with E-state index in [0.717, 1.165) is 18.0 Å². The number of carbonyl (C=O) groups excluding carboxylic acids is 1. The first-order chi connectivity index (χ1) is 14.6. The van der Waals surface area contributed by atoms with Crippen LogP contribution in [0.3, 0.4) is 0 Å². The zero-order valence-corrected chi connectivity index (χ0v) is 18.5. The molecule has 1 amide bonds. The Bertz CT molecular complexity index is 1040. The lowest BCUT2D eigenvalue weighted by Gasteiger charge is -2.35. The molecule has 2 N–H and O–H groups in total. The Kier molecular flexibility index (Phi) is 6.73. The molecule has 1 saturated heterocycles. The maximum Gasteiger partial charge on any atom is 0.240 e. The molecule has 30 heavy (non-hydrogen) atoms. The molecule has 7 nitrogen and oxygen atoms in total. The maximum atomic E-state index is 12.8. The lowest BCUT2D eigenvalue weighted by Crippen LogP contribution is -2.44. The maximum absolute atomic E-state index is 12.8. The van der Waals surface area contributed by atoms with Gasteiger partial charge in [0.2, 0.25) is 5.91 Å². The summed E-state index contributed by atoms with van der Waals surface area (Å²) < 4.78 is 7.70. The largest absolute Gasteiger partial charge is 0.379 e. The summed E-state index contributed by atoms with van der Waals surface area (Å²) in [5.74, 6) is 0.602. The van der Waals surface area contributed by atoms with Crippen LogP contribution in [0.25, 0.3) is 10.7 Å². The lowest BCUT2D eigenvalue weighted by molar-refractivity contribution is -0.122. The van der Waals surface area contributed by atoms with Crippen molar-refractivity contribution in [3.05, 3.63) is 57.7 Å². The van der Waals surface area contributed by atoms with E-state index in [4.69, 9.17) is 17.0 Å². The fraction of sp³-hybridized carbons (Fsp3) is 0.381. The van der Waals surface area contributed by atoms with Gasteiger partial charge in [0, 0.05) is 19.6 Å². The number of amides is 1. The van der Waals surface area contributed by atoms with Gasteiger partial charge in [0.1, 0.15) is 6.54 Å². The van der Waals surface area contributed by atoms with E-state index in [1.807, 2.05) is 17.5 Å². The molecule has 9 heteroatoms. The van der Waals surface area contributed by atoms with Crippen LogP contribution in [-0.4, -0.2) is 58.4 Å². The Labute approximate surface area is 184 Å². The molecular formula is C21H25N5O2S2. The zero-order chi connectivity index (χ0) is 20.9. The smallest absolute Gasteiger partial charge is 0.240 e. The molecule has 3 aromatic rings. The Morgan fingerprint density at radius 1 is 1.33 bits per heavy atom. The third kappa shape index (κ3) is 4.86. The molecule has 1 aliphatic heterocycles. The van der Waals surface area contributed by atoms with Gasteiger partial charge in [-0.15, -0.1) is 11.3 Å². The summed E-state index contributed by atoms with van der Waals surface area (Å²) in [7, 11) is 0. The molecule has 1 aromatic carbocycles. The van der Waals surface area contributed by atoms with Gasteiger partial charge in [-0.1, -0.05) is 35.9 Å². The lowest BCUT2D eigenvalue weighted by atomic mass is 10.0. The molecule has 1 aliphatic rings. The Morgan fingerprint density at radius 2 is 2.17 bits per heavy atom. The average Bonchev–Trinajstić information content (AvgIpc) is 3.40. The van der Waals surface area contributed by atoms with Gasteiger partial charge in [-0.05, 0) is 36.2 Å². The van der Waals surface area contributed by atoms with Crippen LogP contribution in [0.4, 0.5) is 0 Å². The second kappa shape index (κ2) is 9.65. The van der Waals surface area contributed by atoms with Gasteiger partial charge in [-0.2, -0.15) is 5.10 Å². The minimum Gasteiger partial charge on any atom is -0.379 e. The van der Waals surface area contributed by atoms with E-state index in [1.165, 1.54) is 11.1 Å². The number of aromatic amines is 1. The van der Waals surface area contributed by atoms with E-state index in [1.54, 1.807) is 15.9 Å². The Hall–Kier alpha value is -2.33. The number of ether oxygens (including phenoxy) is 1. The zero-order valence-electron chi connectivity index (χ0n) is 16.8. The number of benzene rings is 1. The number of rotatable bonds is 7. The highest BCUT2D eigenvalue weighted by Crippen LogP contribution is 2.24. The van der Waals surface area contributed by atoms with Crippen LogP contribution in [0.1, 0.15) is 17.2 Å². The van der Waals surface area contributed by atoms with Gasteiger partial charge in [0.25, 0.3) is 0 Å². The highest BCUT2D eigenvalue weighted by molar-refractivity contribution is 7.71. The number of nitrogens with zero attached hydrogens (tertiary/aromatic N) is 3. The van der Waals surface area contributed by atoms with Gasteiger partial charge >= 0.3 is 0 Å². The van der Waals surface area contributed by atoms with Crippen LogP contribution < -0.4 is 5.32 Å². The van der Waals surface area contributed by atoms with Crippen LogP contribution in [0.5, 0.6) is 0 Å². The standard InChI is InChI=1S/C21H25N5O2S2/c1-15-4-2-5-16(12-15)17(25-7-9-28-10-8-25)13-22-19(27)14-26-20(23-24-21(26)29)18-6-3-11-30-18/h2-6,11-12,17H,7-10,13-14H2,1H3,(H,22,27)(H,24,29). The van der Waals surface area contributed by atoms with Crippen molar-refractivity contribution in [3.8, 4) is 10.7 Å². The first-order valence-corrected chi connectivity index (χ1v) is 11.2. The number of hydrogen-bond acceptors (Lipinski definition) is 6. The summed E-state index contributed by atoms with van der Waals surface area (Å²) in [6.45, 7) is 5.88. The molecule has 1 atom stereocenters. The summed E-state index contributed by atoms with van der Waals surface area (Å²) in [6.07, 6.45) is 0. The molecular weight excluding hydrogens is 418 g/mol. The molecule has 1 unspecified atom stereocenters. The number of carbonyl (C=O) groups is 1. The van der Waals surface area contributed by atoms with Crippen molar-refractivity contribution in [1.29, 1.82) is 0 Å². The molecule has 158 valence electrons. The molecule has 0 radical (unpaired) electrons. The van der Waals surface area contributed by atoms with E-state index in [-0.39, 0.29) is 18.5 Å². The van der Waals surface area contributed by atoms with Crippen molar-refractivity contribution in [1.82, 2.24) is 25.0 Å². The summed E-state index contributed by atoms with van der Waals surface area (Å²) in [5.41, 5.74) is 2.42. The molecule has 2 aromatic heterocycles. The fourth-order valence-corrected chi connectivity index (χ4v) is 4.61. The van der Waals surface area contributed by atoms with Gasteiger partial charge < -0.3 is 10.1 Å². The molecule has 3 heterocycles. The van der Waals surface area contributed by atoms with Crippen molar-refractivity contribution in [2.75, 3.05) is 32.8 Å². The van der Waals surface area contributed by atoms with Gasteiger partial charge in [-0.25, -0.2) is 0 Å². The summed E-state index contributed by atoms with van der Waals surface area (Å²) in [5, 5.41) is 12.2. The molecule has 1 fully saturated rings. The number of aromatic nitrogens is 3. The first-order valence-electron chi connectivity index (χ1n) is 9.96. The molecule has 0 bridgehead atoms. The second-order valence-corrected chi connectivity index (χ2v) is 8.63. The first kappa shape index (κ1) is 20.9. The Balaban J connectivity index is 1.47. The van der Waals surface area contributed by atoms with Crippen molar-refractivity contribution < 1.29 is 9.53 Å². The topological polar surface area (TPSA) is 75.2 Å². The summed E-state index contributed by atoms with van der Waals surface area (Å²) in [4.78, 5) is 16.2. The molecule has 0 spiro atoms.